The number of aliphatic carboxylic acids is 1. The molecule has 1 aromatic rings. The molecule has 40 heavy (non-hydrogen) atoms. The molecule has 0 bridgehead atoms. The number of hydrogen-bond acceptors (Lipinski definition) is 8. The Morgan fingerprint density at radius 3 is 2.45 bits per heavy atom. The van der Waals surface area contributed by atoms with Crippen LogP contribution < -0.4 is 0 Å². The van der Waals surface area contributed by atoms with Crippen LogP contribution in [0.2, 0.25) is 0 Å². The van der Waals surface area contributed by atoms with E-state index in [1.54, 1.807) is 30.4 Å². The lowest BCUT2D eigenvalue weighted by Crippen LogP contribution is -2.42. The maximum absolute atomic E-state index is 14.5. The van der Waals surface area contributed by atoms with Crippen LogP contribution in [-0.4, -0.2) is 74.6 Å². The van der Waals surface area contributed by atoms with Crippen LogP contribution in [0.15, 0.2) is 30.3 Å². The van der Waals surface area contributed by atoms with Crippen molar-refractivity contribution in [3.63, 3.8) is 0 Å². The summed E-state index contributed by atoms with van der Waals surface area (Å²) in [5, 5.41) is 9.93. The molecule has 2 heterocycles. The van der Waals surface area contributed by atoms with Crippen LogP contribution in [0.1, 0.15) is 70.3 Å². The van der Waals surface area contributed by atoms with Gasteiger partial charge in [0.2, 0.25) is 19.6 Å². The molecule has 8 nitrogen and oxygen atoms in total. The summed E-state index contributed by atoms with van der Waals surface area (Å²) in [5.74, 6) is -0.116. The number of thioether (sulfide) groups is 2. The number of carbonyl (C=O) groups is 3. The van der Waals surface area contributed by atoms with Crippen LogP contribution >= 0.6 is 30.9 Å². The topological polar surface area (TPSA) is 110 Å². The molecule has 4 rings (SSSR count). The first-order chi connectivity index (χ1) is 19.2. The normalized spacial score (nSPS) is 23.1. The zero-order chi connectivity index (χ0) is 28.6. The van der Waals surface area contributed by atoms with E-state index in [1.165, 1.54) is 10.5 Å². The third kappa shape index (κ3) is 8.52. The molecule has 1 N–H and O–H groups in total. The van der Waals surface area contributed by atoms with Crippen molar-refractivity contribution in [2.75, 3.05) is 30.4 Å². The van der Waals surface area contributed by atoms with E-state index in [0.29, 0.717) is 19.4 Å². The number of benzene rings is 1. The van der Waals surface area contributed by atoms with E-state index in [2.05, 4.69) is 12.1 Å². The van der Waals surface area contributed by atoms with Crippen LogP contribution in [0.5, 0.6) is 0 Å². The van der Waals surface area contributed by atoms with E-state index in [-0.39, 0.29) is 28.7 Å². The average Bonchev–Trinajstić information content (AvgIpc) is 3.58. The quantitative estimate of drug-likeness (QED) is 0.124. The summed E-state index contributed by atoms with van der Waals surface area (Å²) in [5.41, 5.74) is 1.18. The van der Waals surface area contributed by atoms with E-state index in [0.717, 1.165) is 56.5 Å². The number of rotatable bonds is 13. The van der Waals surface area contributed by atoms with Gasteiger partial charge in [-0.1, -0.05) is 56.5 Å². The van der Waals surface area contributed by atoms with E-state index in [4.69, 9.17) is 9.26 Å². The minimum Gasteiger partial charge on any atom is -0.480 e. The van der Waals surface area contributed by atoms with Gasteiger partial charge in [-0.2, -0.15) is 0 Å². The number of carboxylic acids is 1. The Labute approximate surface area is 246 Å². The zero-order valence-electron chi connectivity index (χ0n) is 23.3. The van der Waals surface area contributed by atoms with Crippen molar-refractivity contribution in [3.8, 4) is 0 Å². The number of carboxylic acid groups (broad SMARTS) is 1. The zero-order valence-corrected chi connectivity index (χ0v) is 25.9. The number of likely N-dealkylation sites (tertiary alicyclic amines) is 1. The lowest BCUT2D eigenvalue weighted by molar-refractivity contribution is -0.172. The van der Waals surface area contributed by atoms with Crippen LogP contribution in [0.3, 0.4) is 0 Å². The highest BCUT2D eigenvalue weighted by atomic mass is 32.2. The van der Waals surface area contributed by atoms with Gasteiger partial charge in [-0.25, -0.2) is 4.79 Å². The molecule has 2 unspecified atom stereocenters. The fraction of sp³-hybridized carbons (Fsp3) is 0.690. The lowest BCUT2D eigenvalue weighted by Gasteiger charge is -2.33. The first kappa shape index (κ1) is 31.5. The van der Waals surface area contributed by atoms with E-state index in [1.807, 2.05) is 18.2 Å². The van der Waals surface area contributed by atoms with Gasteiger partial charge in [0.1, 0.15) is 12.2 Å². The predicted molar refractivity (Wildman–Crippen MR) is 160 cm³/mol. The summed E-state index contributed by atoms with van der Waals surface area (Å²) in [6.45, 7) is 2.03. The molecule has 1 amide bonds. The largest absolute Gasteiger partial charge is 0.480 e. The van der Waals surface area contributed by atoms with Crippen LogP contribution in [0, 0.1) is 5.92 Å². The van der Waals surface area contributed by atoms with Crippen molar-refractivity contribution in [1.29, 1.82) is 0 Å². The first-order valence-electron chi connectivity index (χ1n) is 14.5. The van der Waals surface area contributed by atoms with Gasteiger partial charge in [-0.15, -0.1) is 23.5 Å². The van der Waals surface area contributed by atoms with Crippen molar-refractivity contribution >= 4 is 48.7 Å². The summed E-state index contributed by atoms with van der Waals surface area (Å²) in [6, 6.07) is 9.11. The second kappa shape index (κ2) is 14.6. The number of hydrogen-bond donors (Lipinski definition) is 1. The highest BCUT2D eigenvalue weighted by Crippen LogP contribution is 2.54. The number of carbonyl (C=O) groups excluding carboxylic acids is 2. The standard InChI is InChI=1S/C29H42NO7PS2/c1-2-26(32)36-28(23-14-7-4-8-15-23)37-38(35,16-10-9-13-22-11-5-3-6-12-22)20-25(31)30-21-29(39-17-18-40-29)19-24(30)27(33)34/h3,5-6,11-12,23-24,28H,2,4,7-10,13-21H2,1H3,(H,33,34)/t24-,28?,38?/m0/s1. The van der Waals surface area contributed by atoms with Crippen molar-refractivity contribution in [2.45, 2.75) is 87.5 Å². The molecule has 0 aromatic heterocycles. The number of aryl methyl sites for hydroxylation is 1. The summed E-state index contributed by atoms with van der Waals surface area (Å²) in [7, 11) is -3.61. The Kier molecular flexibility index (Phi) is 11.5. The Balaban J connectivity index is 1.50. The minimum atomic E-state index is -3.61. The van der Waals surface area contributed by atoms with Crippen LogP contribution in [0.25, 0.3) is 0 Å². The highest BCUT2D eigenvalue weighted by molar-refractivity contribution is 8.21. The van der Waals surface area contributed by atoms with Gasteiger partial charge in [0.15, 0.2) is 0 Å². The van der Waals surface area contributed by atoms with Crippen LogP contribution in [0.4, 0.5) is 0 Å². The summed E-state index contributed by atoms with van der Waals surface area (Å²) in [4.78, 5) is 39.6. The molecule has 3 atom stereocenters. The van der Waals surface area contributed by atoms with Gasteiger partial charge in [-0.3, -0.25) is 18.7 Å². The summed E-state index contributed by atoms with van der Waals surface area (Å²) < 4.78 is 26.1. The van der Waals surface area contributed by atoms with Gasteiger partial charge < -0.3 is 14.7 Å². The highest BCUT2D eigenvalue weighted by Gasteiger charge is 2.52. The molecule has 0 radical (unpaired) electrons. The molecule has 2 saturated heterocycles. The first-order valence-corrected chi connectivity index (χ1v) is 18.5. The molecule has 1 saturated carbocycles. The minimum absolute atomic E-state index is 0.0647. The van der Waals surface area contributed by atoms with Gasteiger partial charge in [0, 0.05) is 43.0 Å². The van der Waals surface area contributed by atoms with Crippen molar-refractivity contribution in [3.05, 3.63) is 35.9 Å². The number of nitrogens with zero attached hydrogens (tertiary/aromatic N) is 1. The molecular weight excluding hydrogens is 569 g/mol. The molecule has 1 aromatic carbocycles. The van der Waals surface area contributed by atoms with Crippen LogP contribution in [-0.2, 0) is 34.6 Å². The monoisotopic (exact) mass is 611 g/mol. The second-order valence-corrected chi connectivity index (χ2v) is 16.9. The molecule has 1 spiro atoms. The number of unbranched alkanes of at least 4 members (excludes halogenated alkanes) is 1. The fourth-order valence-corrected chi connectivity index (χ4v) is 11.3. The van der Waals surface area contributed by atoms with Gasteiger partial charge >= 0.3 is 11.9 Å². The lowest BCUT2D eigenvalue weighted by atomic mass is 9.89. The summed E-state index contributed by atoms with van der Waals surface area (Å²) in [6.07, 6.45) is 6.27. The second-order valence-electron chi connectivity index (χ2n) is 11.0. The average molecular weight is 612 g/mol. The number of ether oxygens (including phenoxy) is 1. The molecule has 11 heteroatoms. The molecule has 222 valence electrons. The van der Waals surface area contributed by atoms with Gasteiger partial charge in [0.05, 0.1) is 4.08 Å². The molecule has 2 aliphatic heterocycles. The number of amides is 1. The molecular formula is C29H42NO7PS2. The molecule has 3 aliphatic rings. The Hall–Kier alpha value is -1.48. The summed E-state index contributed by atoms with van der Waals surface area (Å²) >= 11 is 3.43. The van der Waals surface area contributed by atoms with E-state index >= 15 is 0 Å². The van der Waals surface area contributed by atoms with Crippen molar-refractivity contribution < 1.29 is 33.3 Å². The van der Waals surface area contributed by atoms with E-state index in [9.17, 15) is 24.1 Å². The van der Waals surface area contributed by atoms with Crippen molar-refractivity contribution in [1.82, 2.24) is 4.90 Å². The molecule has 3 fully saturated rings. The van der Waals surface area contributed by atoms with Gasteiger partial charge in [0.25, 0.3) is 0 Å². The molecule has 1 aliphatic carbocycles. The maximum atomic E-state index is 14.5. The fourth-order valence-electron chi connectivity index (χ4n) is 5.83. The Morgan fingerprint density at radius 2 is 1.80 bits per heavy atom. The Morgan fingerprint density at radius 1 is 1.10 bits per heavy atom. The third-order valence-corrected chi connectivity index (χ3v) is 13.8. The third-order valence-electron chi connectivity index (χ3n) is 8.01. The maximum Gasteiger partial charge on any atom is 0.326 e. The smallest absolute Gasteiger partial charge is 0.326 e. The number of esters is 1. The predicted octanol–water partition coefficient (Wildman–Crippen LogP) is 6.03. The van der Waals surface area contributed by atoms with Crippen molar-refractivity contribution in [2.24, 2.45) is 5.92 Å². The SMILES string of the molecule is CCC(=O)OC(OP(=O)(CCCCc1ccccc1)CC(=O)N1CC2(C[C@H]1C(=O)O)SCCS2)C1CCCCC1. The van der Waals surface area contributed by atoms with Gasteiger partial charge in [-0.05, 0) is 37.7 Å². The van der Waals surface area contributed by atoms with E-state index < -0.39 is 37.5 Å². The Bertz CT molecular complexity index is 1060.